The summed E-state index contributed by atoms with van der Waals surface area (Å²) in [5.74, 6) is 0.565. The summed E-state index contributed by atoms with van der Waals surface area (Å²) in [4.78, 5) is 34.9. The number of hydrogen-bond acceptors (Lipinski definition) is 7. The van der Waals surface area contributed by atoms with Gasteiger partial charge in [0.1, 0.15) is 11.7 Å². The fourth-order valence-electron chi connectivity index (χ4n) is 3.73. The molecule has 2 atom stereocenters. The predicted octanol–water partition coefficient (Wildman–Crippen LogP) is 4.99. The Hall–Kier alpha value is -1.68. The van der Waals surface area contributed by atoms with Gasteiger partial charge in [0.25, 0.3) is 0 Å². The van der Waals surface area contributed by atoms with Crippen LogP contribution in [0.2, 0.25) is 0 Å². The molecule has 28 heavy (non-hydrogen) atoms. The van der Waals surface area contributed by atoms with Gasteiger partial charge >= 0.3 is 0 Å². The van der Waals surface area contributed by atoms with Crippen molar-refractivity contribution in [2.75, 3.05) is 11.1 Å². The molecule has 2 aliphatic heterocycles. The van der Waals surface area contributed by atoms with E-state index >= 15 is 0 Å². The maximum Gasteiger partial charge on any atom is 0.249 e. The van der Waals surface area contributed by atoms with Gasteiger partial charge in [0.05, 0.1) is 14.6 Å². The van der Waals surface area contributed by atoms with Crippen molar-refractivity contribution in [2.45, 2.75) is 30.7 Å². The Kier molecular flexibility index (Phi) is 4.58. The molecular formula is C19H17N3O2S4. The van der Waals surface area contributed by atoms with Crippen LogP contribution < -0.4 is 5.32 Å². The van der Waals surface area contributed by atoms with Gasteiger partial charge in [-0.2, -0.15) is 0 Å². The van der Waals surface area contributed by atoms with Crippen LogP contribution in [0.15, 0.2) is 35.0 Å². The number of thiazole rings is 1. The van der Waals surface area contributed by atoms with Crippen LogP contribution in [0.4, 0.5) is 5.13 Å². The Labute approximate surface area is 178 Å². The molecule has 2 aliphatic rings. The van der Waals surface area contributed by atoms with E-state index in [2.05, 4.69) is 18.3 Å². The third-order valence-electron chi connectivity index (χ3n) is 5.10. The molecule has 3 aromatic rings. The van der Waals surface area contributed by atoms with Crippen molar-refractivity contribution in [2.24, 2.45) is 0 Å². The Morgan fingerprint density at radius 2 is 2.00 bits per heavy atom. The second kappa shape index (κ2) is 6.98. The maximum atomic E-state index is 13.0. The first-order chi connectivity index (χ1) is 13.5. The summed E-state index contributed by atoms with van der Waals surface area (Å²) in [6.07, 6.45) is 1.33. The van der Waals surface area contributed by atoms with Crippen LogP contribution in [0, 0.1) is 0 Å². The molecule has 144 valence electrons. The van der Waals surface area contributed by atoms with Gasteiger partial charge in [0.15, 0.2) is 5.13 Å². The smallest absolute Gasteiger partial charge is 0.249 e. The van der Waals surface area contributed by atoms with Crippen LogP contribution in [0.25, 0.3) is 20.3 Å². The number of thiophene rings is 2. The van der Waals surface area contributed by atoms with Gasteiger partial charge in [-0.1, -0.05) is 23.5 Å². The molecule has 0 aromatic carbocycles. The van der Waals surface area contributed by atoms with Crippen LogP contribution in [0.3, 0.4) is 0 Å². The molecule has 1 N–H and O–H groups in total. The van der Waals surface area contributed by atoms with Gasteiger partial charge in [-0.3, -0.25) is 9.59 Å². The highest BCUT2D eigenvalue weighted by molar-refractivity contribution is 8.01. The van der Waals surface area contributed by atoms with E-state index in [4.69, 9.17) is 4.98 Å². The highest BCUT2D eigenvalue weighted by atomic mass is 32.2. The quantitative estimate of drug-likeness (QED) is 0.612. The van der Waals surface area contributed by atoms with Crippen molar-refractivity contribution in [3.63, 3.8) is 0 Å². The number of carbonyl (C=O) groups excluding carboxylic acids is 2. The molecule has 0 spiro atoms. The average molecular weight is 448 g/mol. The molecule has 3 aromatic heterocycles. The first-order valence-corrected chi connectivity index (χ1v) is 12.5. The van der Waals surface area contributed by atoms with Gasteiger partial charge in [0, 0.05) is 17.1 Å². The summed E-state index contributed by atoms with van der Waals surface area (Å²) in [7, 11) is 0. The summed E-state index contributed by atoms with van der Waals surface area (Å²) < 4.78 is 0. The van der Waals surface area contributed by atoms with E-state index in [1.807, 2.05) is 29.0 Å². The number of carbonyl (C=O) groups is 2. The van der Waals surface area contributed by atoms with E-state index < -0.39 is 6.04 Å². The Morgan fingerprint density at radius 1 is 1.25 bits per heavy atom. The summed E-state index contributed by atoms with van der Waals surface area (Å²) in [5.41, 5.74) is 0.903. The van der Waals surface area contributed by atoms with Crippen molar-refractivity contribution >= 4 is 62.7 Å². The zero-order chi connectivity index (χ0) is 19.3. The van der Waals surface area contributed by atoms with Gasteiger partial charge in [-0.05, 0) is 36.2 Å². The zero-order valence-corrected chi connectivity index (χ0v) is 18.3. The lowest BCUT2D eigenvalue weighted by Crippen LogP contribution is -2.48. The lowest BCUT2D eigenvalue weighted by atomic mass is 10.2. The number of hydrogen-bond donors (Lipinski definition) is 1. The van der Waals surface area contributed by atoms with E-state index in [9.17, 15) is 9.59 Å². The number of amides is 2. The molecule has 0 radical (unpaired) electrons. The van der Waals surface area contributed by atoms with Crippen molar-refractivity contribution < 1.29 is 9.59 Å². The number of anilines is 1. The number of aromatic nitrogens is 1. The highest BCUT2D eigenvalue weighted by Crippen LogP contribution is 2.48. The number of nitrogens with one attached hydrogen (secondary N) is 1. The van der Waals surface area contributed by atoms with Gasteiger partial charge < -0.3 is 10.2 Å². The molecule has 0 saturated carbocycles. The van der Waals surface area contributed by atoms with E-state index in [0.29, 0.717) is 17.3 Å². The fraction of sp³-hybridized carbons (Fsp3) is 0.316. The number of rotatable bonds is 4. The molecule has 5 nitrogen and oxygen atoms in total. The zero-order valence-electron chi connectivity index (χ0n) is 15.0. The van der Waals surface area contributed by atoms with Crippen molar-refractivity contribution in [3.05, 3.63) is 35.0 Å². The predicted molar refractivity (Wildman–Crippen MR) is 118 cm³/mol. The minimum atomic E-state index is -0.427. The highest BCUT2D eigenvalue weighted by Gasteiger charge is 2.53. The van der Waals surface area contributed by atoms with E-state index in [-0.39, 0.29) is 16.7 Å². The molecule has 0 aliphatic carbocycles. The second-order valence-electron chi connectivity index (χ2n) is 6.91. The van der Waals surface area contributed by atoms with Gasteiger partial charge in [-0.15, -0.1) is 34.4 Å². The molecule has 2 amide bonds. The monoisotopic (exact) mass is 447 g/mol. The summed E-state index contributed by atoms with van der Waals surface area (Å²) in [5, 5.41) is 7.65. The molecule has 5 heterocycles. The number of nitrogens with zero attached hydrogens (tertiary/aromatic N) is 2. The largest absolute Gasteiger partial charge is 0.315 e. The van der Waals surface area contributed by atoms with E-state index in [1.54, 1.807) is 39.3 Å². The van der Waals surface area contributed by atoms with E-state index in [0.717, 1.165) is 26.7 Å². The minimum Gasteiger partial charge on any atom is -0.315 e. The summed E-state index contributed by atoms with van der Waals surface area (Å²) in [6.45, 7) is 2.06. The van der Waals surface area contributed by atoms with Crippen LogP contribution in [0.5, 0.6) is 0 Å². The minimum absolute atomic E-state index is 0.0744. The maximum absolute atomic E-state index is 13.0. The molecular weight excluding hydrogens is 430 g/mol. The molecule has 2 fully saturated rings. The second-order valence-corrected chi connectivity index (χ2v) is 11.3. The van der Waals surface area contributed by atoms with Crippen molar-refractivity contribution in [1.29, 1.82) is 0 Å². The average Bonchev–Trinajstić information content (AvgIpc) is 3.45. The topological polar surface area (TPSA) is 62.3 Å². The lowest BCUT2D eigenvalue weighted by Gasteiger charge is -2.29. The molecule has 5 rings (SSSR count). The first kappa shape index (κ1) is 18.4. The Balaban J connectivity index is 1.44. The number of thioether (sulfide) groups is 1. The standard InChI is InChI=1S/C19H17N3O2S4/c1-19-7-6-14(23)22(19)11(10-27-19)17(24)21-18-20-15(12-4-2-8-25-12)16(28-18)13-5-3-9-26-13/h2-5,8-9,11H,6-7,10H2,1H3,(H,20,21,24). The molecule has 9 heteroatoms. The Morgan fingerprint density at radius 3 is 2.71 bits per heavy atom. The lowest BCUT2D eigenvalue weighted by molar-refractivity contribution is -0.135. The van der Waals surface area contributed by atoms with Crippen LogP contribution >= 0.6 is 45.8 Å². The van der Waals surface area contributed by atoms with Crippen LogP contribution in [0.1, 0.15) is 19.8 Å². The Bertz CT molecular complexity index is 976. The van der Waals surface area contributed by atoms with Crippen LogP contribution in [-0.4, -0.2) is 38.4 Å². The normalized spacial score (nSPS) is 24.0. The first-order valence-electron chi connectivity index (χ1n) is 8.91. The number of fused-ring (bicyclic) bond motifs is 1. The van der Waals surface area contributed by atoms with Gasteiger partial charge in [-0.25, -0.2) is 4.98 Å². The third-order valence-corrected chi connectivity index (χ3v) is 9.51. The van der Waals surface area contributed by atoms with Crippen LogP contribution in [-0.2, 0) is 9.59 Å². The third kappa shape index (κ3) is 3.01. The fourth-order valence-corrected chi connectivity index (χ4v) is 7.79. The summed E-state index contributed by atoms with van der Waals surface area (Å²) >= 11 is 6.49. The van der Waals surface area contributed by atoms with E-state index in [1.165, 1.54) is 11.3 Å². The molecule has 0 bridgehead atoms. The summed E-state index contributed by atoms with van der Waals surface area (Å²) in [6, 6.07) is 7.72. The van der Waals surface area contributed by atoms with Crippen molar-refractivity contribution in [3.8, 4) is 20.3 Å². The molecule has 2 saturated heterocycles. The molecule has 2 unspecified atom stereocenters. The van der Waals surface area contributed by atoms with Crippen molar-refractivity contribution in [1.82, 2.24) is 9.88 Å². The van der Waals surface area contributed by atoms with Gasteiger partial charge in [0.2, 0.25) is 11.8 Å². The SMILES string of the molecule is CC12CCC(=O)N1C(C(=O)Nc1nc(-c3cccs3)c(-c3cccs3)s1)CS2.